The van der Waals surface area contributed by atoms with Gasteiger partial charge in [-0.2, -0.15) is 0 Å². The van der Waals surface area contributed by atoms with E-state index in [0.29, 0.717) is 13.1 Å². The third-order valence-corrected chi connectivity index (χ3v) is 0.167. The van der Waals surface area contributed by atoms with E-state index >= 15 is 0 Å². The second kappa shape index (κ2) is 16.8. The average molecular weight is 291 g/mol. The van der Waals surface area contributed by atoms with Crippen molar-refractivity contribution in [2.24, 2.45) is 11.5 Å². The van der Waals surface area contributed by atoms with E-state index in [-0.39, 0.29) is 0 Å². The normalized spacial score (nSPS) is 6.17. The van der Waals surface area contributed by atoms with Crippen molar-refractivity contribution in [3.63, 3.8) is 0 Å². The number of rotatable bonds is 1. The topological polar surface area (TPSA) is 52.0 Å². The summed E-state index contributed by atoms with van der Waals surface area (Å²) in [6.07, 6.45) is 0. The summed E-state index contributed by atoms with van der Waals surface area (Å²) < 4.78 is 0. The summed E-state index contributed by atoms with van der Waals surface area (Å²) >= 11 is 1.61. The summed E-state index contributed by atoms with van der Waals surface area (Å²) in [6, 6.07) is 0. The minimum absolute atomic E-state index is 0.597. The molecule has 0 bridgehead atoms. The molecule has 0 saturated heterocycles. The minimum atomic E-state index is 0.597. The van der Waals surface area contributed by atoms with Crippen molar-refractivity contribution in [3.05, 3.63) is 0 Å². The van der Waals surface area contributed by atoms with Crippen molar-refractivity contribution < 1.29 is 18.8 Å². The molecule has 4 heteroatoms. The molecule has 0 aliphatic rings. The second-order valence-corrected chi connectivity index (χ2v) is 0.577. The Bertz CT molecular complexity index is 13.5. The molecule has 0 saturated carbocycles. The Hall–Kier alpha value is 0.898. The number of halogens is 1. The predicted octanol–water partition coefficient (Wildman–Crippen LogP) is -0.409. The van der Waals surface area contributed by atoms with Crippen LogP contribution in [0.1, 0.15) is 0 Å². The molecule has 4 N–H and O–H groups in total. The predicted molar refractivity (Wildman–Crippen MR) is 24.0 cm³/mol. The van der Waals surface area contributed by atoms with Gasteiger partial charge in [-0.1, -0.05) is 0 Å². The maximum absolute atomic E-state index is 4.90. The van der Waals surface area contributed by atoms with E-state index in [1.807, 2.05) is 0 Å². The first-order chi connectivity index (χ1) is 2.91. The van der Waals surface area contributed by atoms with Gasteiger partial charge in [-0.05, 0) is 0 Å². The first-order valence-electron chi connectivity index (χ1n) is 1.44. The summed E-state index contributed by atoms with van der Waals surface area (Å²) in [6.45, 7) is 1.19. The summed E-state index contributed by atoms with van der Waals surface area (Å²) in [5.74, 6) is 0. The summed E-state index contributed by atoms with van der Waals surface area (Å²) in [7, 11) is 4.61. The van der Waals surface area contributed by atoms with Crippen LogP contribution in [0.4, 0.5) is 0 Å². The van der Waals surface area contributed by atoms with Gasteiger partial charge in [0.25, 0.3) is 0 Å². The summed E-state index contributed by atoms with van der Waals surface area (Å²) in [5, 5.41) is 0. The van der Waals surface area contributed by atoms with Crippen LogP contribution < -0.4 is 11.5 Å². The fourth-order valence-corrected chi connectivity index (χ4v) is 0. The molecule has 0 aliphatic carbocycles. The first kappa shape index (κ1) is 10.0. The van der Waals surface area contributed by atoms with Gasteiger partial charge in [0.1, 0.15) is 0 Å². The van der Waals surface area contributed by atoms with Crippen molar-refractivity contribution >= 4 is 9.42 Å². The van der Waals surface area contributed by atoms with Crippen LogP contribution in [-0.4, -0.2) is 13.1 Å². The average Bonchev–Trinajstić information content (AvgIpc) is 1.72. The van der Waals surface area contributed by atoms with Crippen LogP contribution in [-0.2, 0) is 18.8 Å². The summed E-state index contributed by atoms with van der Waals surface area (Å²) in [4.78, 5) is 0. The quantitative estimate of drug-likeness (QED) is 0.690. The van der Waals surface area contributed by atoms with E-state index in [4.69, 9.17) is 11.5 Å². The number of hydrogen-bond acceptors (Lipinski definition) is 2. The maximum atomic E-state index is 4.90. The van der Waals surface area contributed by atoms with Gasteiger partial charge in [0.2, 0.25) is 0 Å². The van der Waals surface area contributed by atoms with Gasteiger partial charge in [0.15, 0.2) is 0 Å². The Kier molecular flexibility index (Phi) is 28.1. The van der Waals surface area contributed by atoms with Gasteiger partial charge >= 0.3 is 28.2 Å². The van der Waals surface area contributed by atoms with Crippen LogP contribution >= 0.6 is 9.42 Å². The molecule has 0 aromatic carbocycles. The van der Waals surface area contributed by atoms with E-state index in [1.54, 1.807) is 18.8 Å². The fraction of sp³-hybridized carbons (Fsp3) is 1.00. The van der Waals surface area contributed by atoms with Crippen molar-refractivity contribution in [2.75, 3.05) is 13.1 Å². The molecule has 0 fully saturated rings. The molecule has 0 aliphatic heterocycles. The van der Waals surface area contributed by atoms with Crippen LogP contribution in [0.5, 0.6) is 0 Å². The van der Waals surface area contributed by atoms with Crippen molar-refractivity contribution in [3.8, 4) is 0 Å². The Morgan fingerprint density at radius 2 is 1.33 bits per heavy atom. The molecule has 0 heterocycles. The first-order valence-corrected chi connectivity index (χ1v) is 4.25. The Morgan fingerprint density at radius 1 is 1.17 bits per heavy atom. The van der Waals surface area contributed by atoms with Gasteiger partial charge < -0.3 is 11.5 Å². The van der Waals surface area contributed by atoms with Gasteiger partial charge in [-0.3, -0.25) is 0 Å². The van der Waals surface area contributed by atoms with E-state index in [0.717, 1.165) is 0 Å². The Labute approximate surface area is 53.0 Å². The standard InChI is InChI=1S/C2H8N2.ClH.Pt/c3-1-2-4;;/h1-4H2;1H;/q;;+1/p-1. The molecule has 0 spiro atoms. The zero-order valence-corrected chi connectivity index (χ0v) is 6.29. The van der Waals surface area contributed by atoms with Gasteiger partial charge in [0.05, 0.1) is 0 Å². The third kappa shape index (κ3) is 20.7. The van der Waals surface area contributed by atoms with E-state index in [1.165, 1.54) is 0 Å². The van der Waals surface area contributed by atoms with Crippen LogP contribution in [0.15, 0.2) is 0 Å². The SMILES string of the molecule is NCCN.[Cl][Pt]. The monoisotopic (exact) mass is 290 g/mol. The van der Waals surface area contributed by atoms with Crippen LogP contribution in [0.25, 0.3) is 0 Å². The second-order valence-electron chi connectivity index (χ2n) is 0.577. The number of hydrogen-bond donors (Lipinski definition) is 2. The number of nitrogens with two attached hydrogens (primary N) is 2. The molecule has 0 amide bonds. The van der Waals surface area contributed by atoms with E-state index in [9.17, 15) is 0 Å². The zero-order valence-electron chi connectivity index (χ0n) is 3.26. The molecular weight excluding hydrogens is 283 g/mol. The van der Waals surface area contributed by atoms with Gasteiger partial charge in [-0.25, -0.2) is 0 Å². The molecule has 0 rings (SSSR count). The van der Waals surface area contributed by atoms with Crippen molar-refractivity contribution in [2.45, 2.75) is 0 Å². The molecule has 0 aromatic heterocycles. The van der Waals surface area contributed by atoms with E-state index in [2.05, 4.69) is 9.42 Å². The molecule has 0 unspecified atom stereocenters. The van der Waals surface area contributed by atoms with E-state index < -0.39 is 0 Å². The molecule has 0 radical (unpaired) electrons. The van der Waals surface area contributed by atoms with Crippen LogP contribution in [0.2, 0.25) is 0 Å². The van der Waals surface area contributed by atoms with Crippen molar-refractivity contribution in [1.29, 1.82) is 0 Å². The molecule has 6 heavy (non-hydrogen) atoms. The molecule has 43 valence electrons. The van der Waals surface area contributed by atoms with Crippen LogP contribution in [0.3, 0.4) is 0 Å². The third-order valence-electron chi connectivity index (χ3n) is 0.167. The molecular formula is C2H8ClN2Pt. The Balaban J connectivity index is 0. The zero-order chi connectivity index (χ0) is 5.41. The van der Waals surface area contributed by atoms with Crippen LogP contribution in [0, 0.1) is 0 Å². The molecule has 0 atom stereocenters. The fourth-order valence-electron chi connectivity index (χ4n) is 0. The molecule has 2 nitrogen and oxygen atoms in total. The summed E-state index contributed by atoms with van der Waals surface area (Å²) in [5.41, 5.74) is 9.81. The van der Waals surface area contributed by atoms with Gasteiger partial charge in [-0.15, -0.1) is 0 Å². The molecule has 0 aromatic rings. The van der Waals surface area contributed by atoms with Gasteiger partial charge in [0, 0.05) is 13.1 Å². The Morgan fingerprint density at radius 3 is 1.33 bits per heavy atom. The van der Waals surface area contributed by atoms with Crippen molar-refractivity contribution in [1.82, 2.24) is 0 Å².